The molecule has 1 amide bonds. The summed E-state index contributed by atoms with van der Waals surface area (Å²) < 4.78 is 0. The van der Waals surface area contributed by atoms with E-state index in [0.717, 1.165) is 21.0 Å². The lowest BCUT2D eigenvalue weighted by atomic mass is 10.1. The van der Waals surface area contributed by atoms with Crippen molar-refractivity contribution in [3.8, 4) is 0 Å². The average molecular weight is 292 g/mol. The molecule has 0 bridgehead atoms. The van der Waals surface area contributed by atoms with Gasteiger partial charge in [0.2, 0.25) is 5.91 Å². The van der Waals surface area contributed by atoms with E-state index in [4.69, 9.17) is 0 Å². The number of thiol groups is 1. The summed E-state index contributed by atoms with van der Waals surface area (Å²) in [6.07, 6.45) is 0.419. The number of rotatable bonds is 4. The largest absolute Gasteiger partial charge is 0.340 e. The summed E-state index contributed by atoms with van der Waals surface area (Å²) in [6, 6.07) is 7.68. The van der Waals surface area contributed by atoms with Crippen molar-refractivity contribution >= 4 is 29.9 Å². The van der Waals surface area contributed by atoms with Crippen LogP contribution in [0.25, 0.3) is 0 Å². The molecule has 2 rings (SSSR count). The number of thiazole rings is 1. The number of carbonyl (C=O) groups excluding carboxylic acids is 1. The van der Waals surface area contributed by atoms with Gasteiger partial charge in [0, 0.05) is 16.8 Å². The van der Waals surface area contributed by atoms with Crippen LogP contribution in [0, 0.1) is 6.92 Å². The number of amides is 1. The molecule has 0 atom stereocenters. The zero-order valence-electron chi connectivity index (χ0n) is 11.0. The van der Waals surface area contributed by atoms with Crippen LogP contribution in [-0.4, -0.2) is 22.8 Å². The molecule has 3 nitrogen and oxygen atoms in total. The number of aromatic nitrogens is 1. The fourth-order valence-electron chi connectivity index (χ4n) is 1.70. The molecular weight excluding hydrogens is 276 g/mol. The van der Waals surface area contributed by atoms with Gasteiger partial charge in [-0.15, -0.1) is 24.0 Å². The first-order valence-electron chi connectivity index (χ1n) is 5.97. The van der Waals surface area contributed by atoms with E-state index in [-0.39, 0.29) is 5.91 Å². The molecule has 5 heteroatoms. The van der Waals surface area contributed by atoms with Gasteiger partial charge in [-0.3, -0.25) is 4.79 Å². The van der Waals surface area contributed by atoms with Crippen LogP contribution in [0.5, 0.6) is 0 Å². The van der Waals surface area contributed by atoms with Crippen molar-refractivity contribution < 1.29 is 4.79 Å². The minimum absolute atomic E-state index is 0.111. The van der Waals surface area contributed by atoms with Crippen LogP contribution in [0.4, 0.5) is 0 Å². The van der Waals surface area contributed by atoms with Gasteiger partial charge < -0.3 is 4.90 Å². The molecule has 0 aliphatic carbocycles. The molecule has 0 saturated carbocycles. The first kappa shape index (κ1) is 14.1. The minimum Gasteiger partial charge on any atom is -0.340 e. The van der Waals surface area contributed by atoms with Gasteiger partial charge in [-0.05, 0) is 24.6 Å². The zero-order chi connectivity index (χ0) is 13.8. The molecule has 1 aromatic carbocycles. The van der Waals surface area contributed by atoms with Gasteiger partial charge in [0.15, 0.2) is 0 Å². The maximum Gasteiger partial charge on any atom is 0.227 e. The predicted molar refractivity (Wildman–Crippen MR) is 80.7 cm³/mol. The second-order valence-corrected chi connectivity index (χ2v) is 5.91. The Morgan fingerprint density at radius 2 is 2.05 bits per heavy atom. The van der Waals surface area contributed by atoms with Crippen molar-refractivity contribution in [1.82, 2.24) is 9.88 Å². The maximum atomic E-state index is 12.1. The van der Waals surface area contributed by atoms with Crippen molar-refractivity contribution in [3.05, 3.63) is 45.9 Å². The quantitative estimate of drug-likeness (QED) is 0.879. The number of hydrogen-bond acceptors (Lipinski definition) is 4. The molecule has 0 aliphatic heterocycles. The third kappa shape index (κ3) is 3.81. The lowest BCUT2D eigenvalue weighted by Gasteiger charge is -2.16. The Balaban J connectivity index is 1.96. The third-order valence-corrected chi connectivity index (χ3v) is 4.16. The predicted octanol–water partition coefficient (Wildman–Crippen LogP) is 2.94. The van der Waals surface area contributed by atoms with Gasteiger partial charge in [0.1, 0.15) is 0 Å². The molecule has 0 N–H and O–H groups in total. The monoisotopic (exact) mass is 292 g/mol. The van der Waals surface area contributed by atoms with E-state index in [2.05, 4.69) is 17.6 Å². The Bertz CT molecular complexity index is 563. The number of aryl methyl sites for hydroxylation is 1. The fourth-order valence-corrected chi connectivity index (χ4v) is 2.68. The van der Waals surface area contributed by atoms with Gasteiger partial charge in [-0.25, -0.2) is 4.98 Å². The molecule has 1 heterocycles. The first-order valence-corrected chi connectivity index (χ1v) is 7.30. The van der Waals surface area contributed by atoms with Crippen LogP contribution >= 0.6 is 24.0 Å². The van der Waals surface area contributed by atoms with Crippen LogP contribution in [0.1, 0.15) is 16.1 Å². The molecule has 2 aromatic rings. The molecule has 1 aromatic heterocycles. The number of likely N-dealkylation sites (N-methyl/N-ethyl adjacent to an activating group) is 1. The van der Waals surface area contributed by atoms with E-state index in [1.165, 1.54) is 0 Å². The minimum atomic E-state index is 0.111. The van der Waals surface area contributed by atoms with Crippen LogP contribution in [0.15, 0.2) is 34.7 Å². The molecule has 0 spiro atoms. The highest BCUT2D eigenvalue weighted by molar-refractivity contribution is 7.80. The fraction of sp³-hybridized carbons (Fsp3) is 0.286. The molecule has 0 radical (unpaired) electrons. The van der Waals surface area contributed by atoms with E-state index in [1.807, 2.05) is 43.7 Å². The first-order chi connectivity index (χ1) is 9.06. The molecule has 0 unspecified atom stereocenters. The topological polar surface area (TPSA) is 33.2 Å². The Hall–Kier alpha value is -1.33. The highest BCUT2D eigenvalue weighted by Gasteiger charge is 2.12. The van der Waals surface area contributed by atoms with Crippen molar-refractivity contribution in [2.24, 2.45) is 0 Å². The summed E-state index contributed by atoms with van der Waals surface area (Å²) in [4.78, 5) is 20.1. The van der Waals surface area contributed by atoms with Crippen molar-refractivity contribution in [2.45, 2.75) is 24.8 Å². The highest BCUT2D eigenvalue weighted by atomic mass is 32.1. The molecule has 0 fully saturated rings. The highest BCUT2D eigenvalue weighted by Crippen LogP contribution is 2.15. The molecular formula is C14H16N2OS2. The number of benzene rings is 1. The van der Waals surface area contributed by atoms with Gasteiger partial charge in [0.25, 0.3) is 0 Å². The van der Waals surface area contributed by atoms with Crippen LogP contribution in [-0.2, 0) is 17.8 Å². The molecule has 100 valence electrons. The van der Waals surface area contributed by atoms with E-state index in [9.17, 15) is 4.79 Å². The molecule has 19 heavy (non-hydrogen) atoms. The maximum absolute atomic E-state index is 12.1. The molecule has 0 saturated heterocycles. The lowest BCUT2D eigenvalue weighted by Crippen LogP contribution is -2.27. The summed E-state index contributed by atoms with van der Waals surface area (Å²) in [7, 11) is 1.83. The van der Waals surface area contributed by atoms with Crippen LogP contribution in [0.2, 0.25) is 0 Å². The SMILES string of the molecule is Cc1ncsc1CN(C)C(=O)Cc1ccc(S)cc1. The number of hydrogen-bond donors (Lipinski definition) is 1. The lowest BCUT2D eigenvalue weighted by molar-refractivity contribution is -0.129. The van der Waals surface area contributed by atoms with Crippen molar-refractivity contribution in [1.29, 1.82) is 0 Å². The standard InChI is InChI=1S/C14H16N2OS2/c1-10-13(19-9-15-10)8-16(2)14(17)7-11-3-5-12(18)6-4-11/h3-6,9,18H,7-8H2,1-2H3. The third-order valence-electron chi connectivity index (χ3n) is 2.94. The van der Waals surface area contributed by atoms with Gasteiger partial charge in [-0.1, -0.05) is 12.1 Å². The second-order valence-electron chi connectivity index (χ2n) is 4.45. The zero-order valence-corrected chi connectivity index (χ0v) is 12.7. The Kier molecular flexibility index (Phi) is 4.61. The second kappa shape index (κ2) is 6.21. The summed E-state index contributed by atoms with van der Waals surface area (Å²) in [5, 5.41) is 0. The van der Waals surface area contributed by atoms with Crippen molar-refractivity contribution in [2.75, 3.05) is 7.05 Å². The Morgan fingerprint density at radius 1 is 1.37 bits per heavy atom. The van der Waals surface area contributed by atoms with Crippen LogP contribution < -0.4 is 0 Å². The smallest absolute Gasteiger partial charge is 0.227 e. The van der Waals surface area contributed by atoms with Gasteiger partial charge in [0.05, 0.1) is 24.2 Å². The van der Waals surface area contributed by atoms with E-state index in [0.29, 0.717) is 13.0 Å². The normalized spacial score (nSPS) is 10.5. The van der Waals surface area contributed by atoms with Gasteiger partial charge in [-0.2, -0.15) is 0 Å². The summed E-state index contributed by atoms with van der Waals surface area (Å²) in [5.41, 5.74) is 3.83. The summed E-state index contributed by atoms with van der Waals surface area (Å²) in [5.74, 6) is 0.111. The summed E-state index contributed by atoms with van der Waals surface area (Å²) in [6.45, 7) is 2.59. The Labute approximate surface area is 122 Å². The number of nitrogens with zero attached hydrogens (tertiary/aromatic N) is 2. The van der Waals surface area contributed by atoms with Crippen molar-refractivity contribution in [3.63, 3.8) is 0 Å². The number of carbonyl (C=O) groups is 1. The Morgan fingerprint density at radius 3 is 2.63 bits per heavy atom. The van der Waals surface area contributed by atoms with Gasteiger partial charge >= 0.3 is 0 Å². The average Bonchev–Trinajstić information content (AvgIpc) is 2.78. The van der Waals surface area contributed by atoms with Crippen LogP contribution in [0.3, 0.4) is 0 Å². The summed E-state index contributed by atoms with van der Waals surface area (Å²) >= 11 is 5.82. The van der Waals surface area contributed by atoms with E-state index in [1.54, 1.807) is 16.2 Å². The van der Waals surface area contributed by atoms with E-state index >= 15 is 0 Å². The van der Waals surface area contributed by atoms with E-state index < -0.39 is 0 Å². The molecule has 0 aliphatic rings.